The normalized spacial score (nSPS) is 16.3. The van der Waals surface area contributed by atoms with Gasteiger partial charge < -0.3 is 10.1 Å². The number of carbonyl (C=O) groups excluding carboxylic acids is 1. The van der Waals surface area contributed by atoms with Crippen LogP contribution in [0, 0.1) is 0 Å². The van der Waals surface area contributed by atoms with Gasteiger partial charge in [-0.05, 0) is 36.4 Å². The number of benzene rings is 2. The zero-order valence-electron chi connectivity index (χ0n) is 14.5. The summed E-state index contributed by atoms with van der Waals surface area (Å²) in [6, 6.07) is 12.5. The van der Waals surface area contributed by atoms with Crippen molar-refractivity contribution in [3.8, 4) is 5.75 Å². The van der Waals surface area contributed by atoms with Gasteiger partial charge in [-0.3, -0.25) is 14.8 Å². The van der Waals surface area contributed by atoms with Gasteiger partial charge in [0, 0.05) is 11.6 Å². The number of ether oxygens (including phenoxy) is 1. The van der Waals surface area contributed by atoms with E-state index in [2.05, 4.69) is 15.4 Å². The van der Waals surface area contributed by atoms with Gasteiger partial charge in [0.05, 0.1) is 29.4 Å². The highest BCUT2D eigenvalue weighted by atomic mass is 35.5. The topological polar surface area (TPSA) is 96.5 Å². The third kappa shape index (κ3) is 5.29. The predicted octanol–water partition coefficient (Wildman–Crippen LogP) is 2.52. The Labute approximate surface area is 168 Å². The van der Waals surface area contributed by atoms with Crippen LogP contribution in [0.5, 0.6) is 5.75 Å². The average Bonchev–Trinajstić information content (AvgIpc) is 3.18. The second kappa shape index (κ2) is 9.32. The van der Waals surface area contributed by atoms with E-state index in [0.717, 1.165) is 5.88 Å². The molecule has 2 aromatic rings. The van der Waals surface area contributed by atoms with Crippen LogP contribution in [-0.2, 0) is 14.8 Å². The van der Waals surface area contributed by atoms with Gasteiger partial charge >= 0.3 is 0 Å². The zero-order valence-corrected chi connectivity index (χ0v) is 16.9. The maximum absolute atomic E-state index is 12.6. The van der Waals surface area contributed by atoms with E-state index in [1.807, 2.05) is 0 Å². The van der Waals surface area contributed by atoms with Gasteiger partial charge in [-0.1, -0.05) is 12.1 Å². The molecule has 7 nitrogen and oxygen atoms in total. The first kappa shape index (κ1) is 21.4. The molecule has 0 aliphatic carbocycles. The van der Waals surface area contributed by atoms with Gasteiger partial charge in [0.25, 0.3) is 10.0 Å². The third-order valence-electron chi connectivity index (χ3n) is 3.83. The summed E-state index contributed by atoms with van der Waals surface area (Å²) >= 11 is 1.64. The smallest absolute Gasteiger partial charge is 0.261 e. The first-order valence-corrected chi connectivity index (χ1v) is 10.5. The SMILES string of the molecule is COc1ccc(S(=O)(=O)Nc2ccccc2NC(=O)C2CSCN2)cc1.Cl. The maximum atomic E-state index is 12.6. The Morgan fingerprint density at radius 3 is 2.41 bits per heavy atom. The molecule has 0 saturated carbocycles. The molecule has 1 amide bonds. The van der Waals surface area contributed by atoms with Crippen molar-refractivity contribution in [2.45, 2.75) is 10.9 Å². The van der Waals surface area contributed by atoms with E-state index in [4.69, 9.17) is 4.74 Å². The van der Waals surface area contributed by atoms with E-state index in [1.54, 1.807) is 48.2 Å². The van der Waals surface area contributed by atoms with Crippen molar-refractivity contribution in [3.63, 3.8) is 0 Å². The second-order valence-corrected chi connectivity index (χ2v) is 8.30. The lowest BCUT2D eigenvalue weighted by Gasteiger charge is -2.15. The van der Waals surface area contributed by atoms with Crippen LogP contribution in [0.4, 0.5) is 11.4 Å². The monoisotopic (exact) mass is 429 g/mol. The molecular weight excluding hydrogens is 410 g/mol. The average molecular weight is 430 g/mol. The number of anilines is 2. The van der Waals surface area contributed by atoms with Crippen molar-refractivity contribution in [3.05, 3.63) is 48.5 Å². The number of methoxy groups -OCH3 is 1. The number of hydrogen-bond acceptors (Lipinski definition) is 6. The molecular formula is C17H20ClN3O4S2. The van der Waals surface area contributed by atoms with Crippen molar-refractivity contribution in [2.75, 3.05) is 28.8 Å². The Morgan fingerprint density at radius 1 is 1.15 bits per heavy atom. The van der Waals surface area contributed by atoms with Crippen LogP contribution in [0.3, 0.4) is 0 Å². The van der Waals surface area contributed by atoms with Crippen molar-refractivity contribution in [2.24, 2.45) is 0 Å². The number of para-hydroxylation sites is 2. The van der Waals surface area contributed by atoms with Gasteiger partial charge in [-0.2, -0.15) is 0 Å². The number of sulfonamides is 1. The summed E-state index contributed by atoms with van der Waals surface area (Å²) in [5, 5.41) is 5.86. The molecule has 1 aliphatic heterocycles. The van der Waals surface area contributed by atoms with E-state index >= 15 is 0 Å². The van der Waals surface area contributed by atoms with Crippen LogP contribution >= 0.6 is 24.2 Å². The minimum Gasteiger partial charge on any atom is -0.497 e. The van der Waals surface area contributed by atoms with Crippen molar-refractivity contribution >= 4 is 51.5 Å². The summed E-state index contributed by atoms with van der Waals surface area (Å²) in [6.07, 6.45) is 0. The first-order chi connectivity index (χ1) is 12.5. The molecule has 2 aromatic carbocycles. The fourth-order valence-corrected chi connectivity index (χ4v) is 4.44. The van der Waals surface area contributed by atoms with Crippen LogP contribution in [0.2, 0.25) is 0 Å². The van der Waals surface area contributed by atoms with E-state index < -0.39 is 10.0 Å². The van der Waals surface area contributed by atoms with Crippen molar-refractivity contribution < 1.29 is 17.9 Å². The highest BCUT2D eigenvalue weighted by Crippen LogP contribution is 2.26. The van der Waals surface area contributed by atoms with Gasteiger partial charge in [0.15, 0.2) is 0 Å². The van der Waals surface area contributed by atoms with Crippen LogP contribution in [-0.4, -0.2) is 39.1 Å². The maximum Gasteiger partial charge on any atom is 0.261 e. The predicted molar refractivity (Wildman–Crippen MR) is 110 cm³/mol. The summed E-state index contributed by atoms with van der Waals surface area (Å²) in [6.45, 7) is 0. The van der Waals surface area contributed by atoms with Crippen molar-refractivity contribution in [1.82, 2.24) is 5.32 Å². The largest absolute Gasteiger partial charge is 0.497 e. The zero-order chi connectivity index (χ0) is 18.6. The molecule has 0 bridgehead atoms. The van der Waals surface area contributed by atoms with E-state index in [0.29, 0.717) is 22.9 Å². The highest BCUT2D eigenvalue weighted by Gasteiger charge is 2.24. The molecule has 1 heterocycles. The molecule has 1 atom stereocenters. The van der Waals surface area contributed by atoms with E-state index in [9.17, 15) is 13.2 Å². The molecule has 27 heavy (non-hydrogen) atoms. The van der Waals surface area contributed by atoms with Crippen LogP contribution < -0.4 is 20.1 Å². The number of amides is 1. The number of hydrogen-bond donors (Lipinski definition) is 3. The minimum absolute atomic E-state index is 0. The molecule has 1 unspecified atom stereocenters. The lowest BCUT2D eigenvalue weighted by Crippen LogP contribution is -2.37. The quantitative estimate of drug-likeness (QED) is 0.653. The summed E-state index contributed by atoms with van der Waals surface area (Å²) in [5.74, 6) is 1.79. The van der Waals surface area contributed by atoms with Crippen LogP contribution in [0.1, 0.15) is 0 Å². The molecule has 3 rings (SSSR count). The molecule has 3 N–H and O–H groups in total. The number of carbonyl (C=O) groups is 1. The lowest BCUT2D eigenvalue weighted by atomic mass is 10.2. The first-order valence-electron chi connectivity index (χ1n) is 7.87. The Hall–Kier alpha value is -1.94. The van der Waals surface area contributed by atoms with E-state index in [1.165, 1.54) is 19.2 Å². The molecule has 0 radical (unpaired) electrons. The van der Waals surface area contributed by atoms with Crippen LogP contribution in [0.15, 0.2) is 53.4 Å². The number of rotatable bonds is 6. The van der Waals surface area contributed by atoms with Gasteiger partial charge in [-0.25, -0.2) is 8.42 Å². The number of thioether (sulfide) groups is 1. The minimum atomic E-state index is -3.79. The number of halogens is 1. The molecule has 0 aromatic heterocycles. The van der Waals surface area contributed by atoms with Gasteiger partial charge in [0.1, 0.15) is 5.75 Å². The lowest BCUT2D eigenvalue weighted by molar-refractivity contribution is -0.117. The van der Waals surface area contributed by atoms with E-state index in [-0.39, 0.29) is 29.3 Å². The molecule has 146 valence electrons. The summed E-state index contributed by atoms with van der Waals surface area (Å²) < 4.78 is 32.8. The van der Waals surface area contributed by atoms with Crippen LogP contribution in [0.25, 0.3) is 0 Å². The molecule has 1 saturated heterocycles. The number of nitrogens with one attached hydrogen (secondary N) is 3. The van der Waals surface area contributed by atoms with Crippen molar-refractivity contribution in [1.29, 1.82) is 0 Å². The molecule has 10 heteroatoms. The Bertz CT molecular complexity index is 885. The summed E-state index contributed by atoms with van der Waals surface area (Å²) in [5.41, 5.74) is 0.718. The Balaban J connectivity index is 0.00000261. The standard InChI is InChI=1S/C17H19N3O4S2.ClH/c1-24-12-6-8-13(9-7-12)26(22,23)20-15-5-3-2-4-14(15)19-17(21)16-10-25-11-18-16;/h2-9,16,18,20H,10-11H2,1H3,(H,19,21);1H. The second-order valence-electron chi connectivity index (χ2n) is 5.59. The van der Waals surface area contributed by atoms with Gasteiger partial charge in [0.2, 0.25) is 5.91 Å². The van der Waals surface area contributed by atoms with Gasteiger partial charge in [-0.15, -0.1) is 24.2 Å². The molecule has 1 aliphatic rings. The summed E-state index contributed by atoms with van der Waals surface area (Å²) in [7, 11) is -2.28. The highest BCUT2D eigenvalue weighted by molar-refractivity contribution is 7.99. The Kier molecular flexibility index (Phi) is 7.37. The Morgan fingerprint density at radius 2 is 1.81 bits per heavy atom. The third-order valence-corrected chi connectivity index (χ3v) is 6.15. The molecule has 0 spiro atoms. The fraction of sp³-hybridized carbons (Fsp3) is 0.235. The fourth-order valence-electron chi connectivity index (χ4n) is 2.42. The molecule has 1 fully saturated rings. The summed E-state index contributed by atoms with van der Waals surface area (Å²) in [4.78, 5) is 12.4.